The van der Waals surface area contributed by atoms with Crippen molar-refractivity contribution in [2.75, 3.05) is 20.1 Å². The number of likely N-dealkylation sites (N-methyl/N-ethyl adjacent to an activating group) is 1. The standard InChI is InChI=1S/C11H13BrClN3/c1-16-6-5-14-11(16)15-7-8-3-2-4-9(12)10(8)13/h2-4H,5-7H2,1H3,(H,14,15). The van der Waals surface area contributed by atoms with Crippen molar-refractivity contribution >= 4 is 33.5 Å². The van der Waals surface area contributed by atoms with Gasteiger partial charge in [-0.05, 0) is 27.6 Å². The third-order valence-corrected chi connectivity index (χ3v) is 3.86. The Balaban J connectivity index is 2.02. The smallest absolute Gasteiger partial charge is 0.194 e. The molecule has 2 rings (SSSR count). The van der Waals surface area contributed by atoms with Gasteiger partial charge in [-0.2, -0.15) is 0 Å². The topological polar surface area (TPSA) is 27.6 Å². The molecule has 1 N–H and O–H groups in total. The molecule has 0 saturated carbocycles. The van der Waals surface area contributed by atoms with Crippen molar-refractivity contribution in [1.82, 2.24) is 10.2 Å². The Bertz CT molecular complexity index is 420. The van der Waals surface area contributed by atoms with Crippen LogP contribution >= 0.6 is 27.5 Å². The summed E-state index contributed by atoms with van der Waals surface area (Å²) in [5.74, 6) is 0.941. The van der Waals surface area contributed by atoms with Crippen LogP contribution in [0, 0.1) is 0 Å². The minimum atomic E-state index is 0.696. The minimum Gasteiger partial charge on any atom is -0.352 e. The van der Waals surface area contributed by atoms with E-state index in [-0.39, 0.29) is 0 Å². The van der Waals surface area contributed by atoms with Crippen molar-refractivity contribution in [3.8, 4) is 0 Å². The third kappa shape index (κ3) is 2.50. The van der Waals surface area contributed by atoms with Crippen molar-refractivity contribution < 1.29 is 0 Å². The highest BCUT2D eigenvalue weighted by molar-refractivity contribution is 9.10. The molecular formula is C11H13BrClN3. The fraction of sp³-hybridized carbons (Fsp3) is 0.364. The highest BCUT2D eigenvalue weighted by Gasteiger charge is 2.12. The molecule has 1 aromatic carbocycles. The van der Waals surface area contributed by atoms with Gasteiger partial charge in [-0.15, -0.1) is 0 Å². The van der Waals surface area contributed by atoms with Crippen molar-refractivity contribution in [3.05, 3.63) is 33.3 Å². The predicted molar refractivity (Wildman–Crippen MR) is 70.9 cm³/mol. The number of benzene rings is 1. The summed E-state index contributed by atoms with van der Waals surface area (Å²) in [5, 5.41) is 4.05. The van der Waals surface area contributed by atoms with Gasteiger partial charge in [-0.3, -0.25) is 4.99 Å². The fourth-order valence-corrected chi connectivity index (χ4v) is 2.18. The van der Waals surface area contributed by atoms with Gasteiger partial charge in [0.2, 0.25) is 0 Å². The first-order valence-electron chi connectivity index (χ1n) is 5.11. The van der Waals surface area contributed by atoms with Crippen LogP contribution in [0.4, 0.5) is 0 Å². The summed E-state index contributed by atoms with van der Waals surface area (Å²) in [4.78, 5) is 6.46. The van der Waals surface area contributed by atoms with Crippen molar-refractivity contribution in [2.24, 2.45) is 4.99 Å². The summed E-state index contributed by atoms with van der Waals surface area (Å²) in [5.41, 5.74) is 1.07. The Kier molecular flexibility index (Phi) is 3.71. The van der Waals surface area contributed by atoms with Gasteiger partial charge in [-0.25, -0.2) is 0 Å². The van der Waals surface area contributed by atoms with Crippen LogP contribution in [-0.4, -0.2) is 31.0 Å². The summed E-state index contributed by atoms with van der Waals surface area (Å²) in [6.45, 7) is 2.54. The molecule has 0 atom stereocenters. The molecule has 0 radical (unpaired) electrons. The van der Waals surface area contributed by atoms with Gasteiger partial charge in [0.25, 0.3) is 0 Å². The predicted octanol–water partition coefficient (Wildman–Crippen LogP) is 2.49. The lowest BCUT2D eigenvalue weighted by Crippen LogP contribution is -2.35. The van der Waals surface area contributed by atoms with Crippen LogP contribution in [0.5, 0.6) is 0 Å². The second-order valence-corrected chi connectivity index (χ2v) is 4.93. The van der Waals surface area contributed by atoms with Crippen molar-refractivity contribution in [3.63, 3.8) is 0 Å². The van der Waals surface area contributed by atoms with Gasteiger partial charge in [0.05, 0.1) is 11.6 Å². The molecular weight excluding hydrogens is 289 g/mol. The number of rotatable bonds is 2. The molecule has 0 spiro atoms. The molecule has 1 aliphatic heterocycles. The van der Waals surface area contributed by atoms with Crippen LogP contribution in [0.1, 0.15) is 5.56 Å². The zero-order valence-electron chi connectivity index (χ0n) is 9.00. The Morgan fingerprint density at radius 2 is 2.38 bits per heavy atom. The van der Waals surface area contributed by atoms with Crippen molar-refractivity contribution in [1.29, 1.82) is 0 Å². The molecule has 1 aromatic rings. The first-order chi connectivity index (χ1) is 7.68. The molecule has 86 valence electrons. The van der Waals surface area contributed by atoms with E-state index in [1.54, 1.807) is 0 Å². The molecule has 1 aliphatic rings. The molecule has 0 saturated heterocycles. The molecule has 0 unspecified atom stereocenters. The second kappa shape index (κ2) is 5.06. The van der Waals surface area contributed by atoms with Gasteiger partial charge < -0.3 is 10.2 Å². The monoisotopic (exact) mass is 301 g/mol. The maximum atomic E-state index is 6.17. The van der Waals surface area contributed by atoms with Crippen LogP contribution < -0.4 is 5.32 Å². The van der Waals surface area contributed by atoms with Crippen LogP contribution in [0.2, 0.25) is 5.02 Å². The summed E-state index contributed by atoms with van der Waals surface area (Å²) in [7, 11) is 2.03. The van der Waals surface area contributed by atoms with Gasteiger partial charge in [0.1, 0.15) is 0 Å². The Hall–Kier alpha value is -0.740. The second-order valence-electron chi connectivity index (χ2n) is 3.69. The Morgan fingerprint density at radius 3 is 3.06 bits per heavy atom. The average molecular weight is 303 g/mol. The number of hydrogen-bond donors (Lipinski definition) is 1. The fourth-order valence-electron chi connectivity index (χ4n) is 1.58. The molecule has 0 fully saturated rings. The zero-order chi connectivity index (χ0) is 11.5. The number of hydrogen-bond acceptors (Lipinski definition) is 3. The first kappa shape index (κ1) is 11.7. The average Bonchev–Trinajstić information content (AvgIpc) is 2.67. The van der Waals surface area contributed by atoms with Gasteiger partial charge in [0, 0.05) is 24.6 Å². The van der Waals surface area contributed by atoms with E-state index >= 15 is 0 Å². The maximum absolute atomic E-state index is 6.17. The number of guanidine groups is 1. The van der Waals surface area contributed by atoms with E-state index < -0.39 is 0 Å². The molecule has 3 nitrogen and oxygen atoms in total. The zero-order valence-corrected chi connectivity index (χ0v) is 11.3. The summed E-state index contributed by atoms with van der Waals surface area (Å²) < 4.78 is 0.926. The van der Waals surface area contributed by atoms with Gasteiger partial charge in [-0.1, -0.05) is 23.7 Å². The number of nitrogens with zero attached hydrogens (tertiary/aromatic N) is 2. The molecule has 1 heterocycles. The number of aliphatic imine (C=N–C) groups is 1. The quantitative estimate of drug-likeness (QED) is 0.909. The van der Waals surface area contributed by atoms with E-state index in [0.717, 1.165) is 34.1 Å². The van der Waals surface area contributed by atoms with E-state index in [4.69, 9.17) is 11.6 Å². The lowest BCUT2D eigenvalue weighted by Gasteiger charge is -2.15. The first-order valence-corrected chi connectivity index (χ1v) is 6.28. The Labute approximate surface area is 109 Å². The largest absolute Gasteiger partial charge is 0.352 e. The highest BCUT2D eigenvalue weighted by Crippen LogP contribution is 2.25. The van der Waals surface area contributed by atoms with Crippen LogP contribution in [-0.2, 0) is 6.54 Å². The SMILES string of the molecule is CN1CCN=C1NCc1cccc(Br)c1Cl. The van der Waals surface area contributed by atoms with Crippen LogP contribution in [0.25, 0.3) is 0 Å². The molecule has 0 bridgehead atoms. The van der Waals surface area contributed by atoms with E-state index in [1.165, 1.54) is 0 Å². The lowest BCUT2D eigenvalue weighted by atomic mass is 10.2. The number of nitrogens with one attached hydrogen (secondary N) is 1. The lowest BCUT2D eigenvalue weighted by molar-refractivity contribution is 0.534. The van der Waals surface area contributed by atoms with Crippen molar-refractivity contribution in [2.45, 2.75) is 6.54 Å². The summed E-state index contributed by atoms with van der Waals surface area (Å²) in [6, 6.07) is 5.92. The van der Waals surface area contributed by atoms with E-state index in [0.29, 0.717) is 6.54 Å². The van der Waals surface area contributed by atoms with Gasteiger partial charge in [0.15, 0.2) is 5.96 Å². The molecule has 5 heteroatoms. The highest BCUT2D eigenvalue weighted by atomic mass is 79.9. The Morgan fingerprint density at radius 1 is 1.56 bits per heavy atom. The van der Waals surface area contributed by atoms with Gasteiger partial charge >= 0.3 is 0 Å². The number of halogens is 2. The maximum Gasteiger partial charge on any atom is 0.194 e. The normalized spacial score (nSPS) is 15.2. The summed E-state index contributed by atoms with van der Waals surface area (Å²) >= 11 is 9.59. The molecule has 16 heavy (non-hydrogen) atoms. The minimum absolute atomic E-state index is 0.696. The molecule has 0 aliphatic carbocycles. The van der Waals surface area contributed by atoms with E-state index in [1.807, 2.05) is 25.2 Å². The molecule has 0 aromatic heterocycles. The molecule has 0 amide bonds. The summed E-state index contributed by atoms with van der Waals surface area (Å²) in [6.07, 6.45) is 0. The van der Waals surface area contributed by atoms with E-state index in [2.05, 4.69) is 31.1 Å². The third-order valence-electron chi connectivity index (χ3n) is 2.53. The van der Waals surface area contributed by atoms with E-state index in [9.17, 15) is 0 Å². The van der Waals surface area contributed by atoms with Crippen LogP contribution in [0.15, 0.2) is 27.7 Å². The van der Waals surface area contributed by atoms with Crippen LogP contribution in [0.3, 0.4) is 0 Å².